The Kier molecular flexibility index (Phi) is 7.68. The van der Waals surface area contributed by atoms with Gasteiger partial charge in [0.25, 0.3) is 0 Å². The molecule has 0 atom stereocenters. The molecule has 170 valence electrons. The van der Waals surface area contributed by atoms with E-state index in [1.54, 1.807) is 36.2 Å². The Morgan fingerprint density at radius 2 is 1.82 bits per heavy atom. The average Bonchev–Trinajstić information content (AvgIpc) is 3.27. The first-order valence-electron chi connectivity index (χ1n) is 10.6. The van der Waals surface area contributed by atoms with E-state index in [1.165, 1.54) is 17.7 Å². The normalized spacial score (nSPS) is 11.0. The van der Waals surface area contributed by atoms with Crippen molar-refractivity contribution in [2.45, 2.75) is 13.2 Å². The summed E-state index contributed by atoms with van der Waals surface area (Å²) in [5.74, 6) is 0.184. The van der Waals surface area contributed by atoms with E-state index in [9.17, 15) is 4.39 Å². The Morgan fingerprint density at radius 3 is 2.61 bits per heavy atom. The molecule has 4 aromatic rings. The molecule has 0 spiro atoms. The number of ether oxygens (including phenoxy) is 2. The Bertz CT molecular complexity index is 1150. The van der Waals surface area contributed by atoms with E-state index < -0.39 is 0 Å². The largest absolute Gasteiger partial charge is 0.382 e. The highest BCUT2D eigenvalue weighted by Gasteiger charge is 2.19. The van der Waals surface area contributed by atoms with Crippen molar-refractivity contribution < 1.29 is 13.9 Å². The molecule has 2 heterocycles. The molecule has 0 radical (unpaired) electrons. The third-order valence-corrected chi connectivity index (χ3v) is 4.94. The summed E-state index contributed by atoms with van der Waals surface area (Å²) in [7, 11) is 1.62. The van der Waals surface area contributed by atoms with E-state index in [0.717, 1.165) is 12.0 Å². The van der Waals surface area contributed by atoms with Gasteiger partial charge in [0.2, 0.25) is 5.95 Å². The van der Waals surface area contributed by atoms with E-state index in [1.807, 2.05) is 18.2 Å². The highest BCUT2D eigenvalue weighted by molar-refractivity contribution is 5.76. The van der Waals surface area contributed by atoms with Crippen LogP contribution in [0.5, 0.6) is 0 Å². The van der Waals surface area contributed by atoms with E-state index in [-0.39, 0.29) is 12.5 Å². The molecule has 1 N–H and O–H groups in total. The van der Waals surface area contributed by atoms with Gasteiger partial charge in [-0.25, -0.2) is 19.0 Å². The van der Waals surface area contributed by atoms with Gasteiger partial charge in [0.1, 0.15) is 23.9 Å². The summed E-state index contributed by atoms with van der Waals surface area (Å²) in [5.41, 5.74) is 3.83. The van der Waals surface area contributed by atoms with Gasteiger partial charge in [-0.05, 0) is 42.3 Å². The van der Waals surface area contributed by atoms with Crippen LogP contribution in [-0.4, -0.2) is 51.8 Å². The van der Waals surface area contributed by atoms with E-state index >= 15 is 0 Å². The molecule has 4 rings (SSSR count). The first-order chi connectivity index (χ1) is 16.2. The lowest BCUT2D eigenvalue weighted by Crippen LogP contribution is -2.11. The molecular weight excluding hydrogens is 423 g/mol. The van der Waals surface area contributed by atoms with E-state index in [2.05, 4.69) is 37.7 Å². The second kappa shape index (κ2) is 11.3. The van der Waals surface area contributed by atoms with Crippen molar-refractivity contribution >= 4 is 5.95 Å². The van der Waals surface area contributed by atoms with Gasteiger partial charge in [-0.3, -0.25) is 0 Å². The van der Waals surface area contributed by atoms with Crippen LogP contribution in [0.15, 0.2) is 66.9 Å². The van der Waals surface area contributed by atoms with Crippen LogP contribution in [0.4, 0.5) is 10.3 Å². The molecular formula is C24H25FN6O2. The SMILES string of the molecule is COCCOCn1nnc(-c2ccc(F)cc2)c1-c1ccnc(NCCc2ccccc2)n1. The fraction of sp³-hybridized carbons (Fsp3) is 0.250. The highest BCUT2D eigenvalue weighted by Crippen LogP contribution is 2.29. The molecule has 33 heavy (non-hydrogen) atoms. The number of nitrogens with zero attached hydrogens (tertiary/aromatic N) is 5. The topological polar surface area (TPSA) is 87.0 Å². The fourth-order valence-corrected chi connectivity index (χ4v) is 3.29. The molecule has 0 unspecified atom stereocenters. The van der Waals surface area contributed by atoms with Crippen molar-refractivity contribution in [3.8, 4) is 22.6 Å². The van der Waals surface area contributed by atoms with Crippen molar-refractivity contribution in [3.05, 3.63) is 78.2 Å². The second-order valence-electron chi connectivity index (χ2n) is 7.25. The Morgan fingerprint density at radius 1 is 1.00 bits per heavy atom. The minimum Gasteiger partial charge on any atom is -0.382 e. The number of methoxy groups -OCH3 is 1. The number of aromatic nitrogens is 5. The summed E-state index contributed by atoms with van der Waals surface area (Å²) in [6, 6.07) is 18.1. The molecule has 8 nitrogen and oxygen atoms in total. The maximum Gasteiger partial charge on any atom is 0.223 e. The van der Waals surface area contributed by atoms with Crippen LogP contribution in [0, 0.1) is 5.82 Å². The van der Waals surface area contributed by atoms with Crippen molar-refractivity contribution in [1.29, 1.82) is 0 Å². The lowest BCUT2D eigenvalue weighted by Gasteiger charge is -2.10. The van der Waals surface area contributed by atoms with Gasteiger partial charge < -0.3 is 14.8 Å². The third kappa shape index (κ3) is 5.97. The Hall–Kier alpha value is -3.69. The summed E-state index contributed by atoms with van der Waals surface area (Å²) in [6.07, 6.45) is 2.53. The first kappa shape index (κ1) is 22.5. The summed E-state index contributed by atoms with van der Waals surface area (Å²) in [5, 5.41) is 11.8. The Balaban J connectivity index is 1.58. The van der Waals surface area contributed by atoms with Crippen LogP contribution in [0.1, 0.15) is 5.56 Å². The summed E-state index contributed by atoms with van der Waals surface area (Å²) in [6.45, 7) is 1.75. The number of hydrogen-bond acceptors (Lipinski definition) is 7. The monoisotopic (exact) mass is 448 g/mol. The maximum atomic E-state index is 13.5. The zero-order valence-corrected chi connectivity index (χ0v) is 18.3. The van der Waals surface area contributed by atoms with Gasteiger partial charge in [-0.15, -0.1) is 5.10 Å². The van der Waals surface area contributed by atoms with Crippen molar-refractivity contribution in [3.63, 3.8) is 0 Å². The molecule has 9 heteroatoms. The molecule has 2 aromatic carbocycles. The smallest absolute Gasteiger partial charge is 0.223 e. The molecule has 2 aromatic heterocycles. The molecule has 0 aliphatic carbocycles. The standard InChI is InChI=1S/C24H25FN6O2/c1-32-15-16-33-17-31-23(22(29-30-31)19-7-9-20(25)10-8-19)21-12-14-27-24(28-21)26-13-11-18-5-3-2-4-6-18/h2-10,12,14H,11,13,15-17H2,1H3,(H,26,27,28). The third-order valence-electron chi connectivity index (χ3n) is 4.94. The predicted octanol–water partition coefficient (Wildman–Crippen LogP) is 3.82. The lowest BCUT2D eigenvalue weighted by molar-refractivity contribution is 0.0288. The number of nitrogens with one attached hydrogen (secondary N) is 1. The predicted molar refractivity (Wildman–Crippen MR) is 123 cm³/mol. The van der Waals surface area contributed by atoms with Crippen LogP contribution in [0.25, 0.3) is 22.6 Å². The number of halogens is 1. The van der Waals surface area contributed by atoms with Crippen molar-refractivity contribution in [2.24, 2.45) is 0 Å². The van der Waals surface area contributed by atoms with Gasteiger partial charge in [0, 0.05) is 25.4 Å². The summed E-state index contributed by atoms with van der Waals surface area (Å²) < 4.78 is 25.8. The number of anilines is 1. The molecule has 0 saturated carbocycles. The van der Waals surface area contributed by atoms with Crippen molar-refractivity contribution in [1.82, 2.24) is 25.0 Å². The minimum atomic E-state index is -0.317. The zero-order valence-electron chi connectivity index (χ0n) is 18.3. The molecule has 0 aliphatic heterocycles. The molecule has 0 fully saturated rings. The average molecular weight is 449 g/mol. The van der Waals surface area contributed by atoms with Crippen LogP contribution in [0.2, 0.25) is 0 Å². The summed E-state index contributed by atoms with van der Waals surface area (Å²) >= 11 is 0. The quantitative estimate of drug-likeness (QED) is 0.349. The zero-order chi connectivity index (χ0) is 22.9. The van der Waals surface area contributed by atoms with Crippen LogP contribution in [0.3, 0.4) is 0 Å². The molecule has 0 saturated heterocycles. The number of hydrogen-bond donors (Lipinski definition) is 1. The molecule has 0 amide bonds. The van der Waals surface area contributed by atoms with Gasteiger partial charge in [-0.1, -0.05) is 35.5 Å². The maximum absolute atomic E-state index is 13.5. The van der Waals surface area contributed by atoms with Crippen LogP contribution < -0.4 is 5.32 Å². The number of rotatable bonds is 11. The Labute approximate surface area is 191 Å². The van der Waals surface area contributed by atoms with Crippen molar-refractivity contribution in [2.75, 3.05) is 32.2 Å². The lowest BCUT2D eigenvalue weighted by atomic mass is 10.1. The number of benzene rings is 2. The van der Waals surface area contributed by atoms with Crippen LogP contribution in [-0.2, 0) is 22.6 Å². The van der Waals surface area contributed by atoms with E-state index in [0.29, 0.717) is 42.8 Å². The fourth-order valence-electron chi connectivity index (χ4n) is 3.29. The van der Waals surface area contributed by atoms with Gasteiger partial charge in [-0.2, -0.15) is 0 Å². The van der Waals surface area contributed by atoms with Crippen LogP contribution >= 0.6 is 0 Å². The first-order valence-corrected chi connectivity index (χ1v) is 10.6. The minimum absolute atomic E-state index is 0.174. The van der Waals surface area contributed by atoms with E-state index in [4.69, 9.17) is 9.47 Å². The van der Waals surface area contributed by atoms with Gasteiger partial charge >= 0.3 is 0 Å². The molecule has 0 aliphatic rings. The highest BCUT2D eigenvalue weighted by atomic mass is 19.1. The van der Waals surface area contributed by atoms with Gasteiger partial charge in [0.15, 0.2) is 0 Å². The molecule has 0 bridgehead atoms. The summed E-state index contributed by atoms with van der Waals surface area (Å²) in [4.78, 5) is 9.02. The second-order valence-corrected chi connectivity index (χ2v) is 7.25. The van der Waals surface area contributed by atoms with Gasteiger partial charge in [0.05, 0.1) is 18.9 Å².